The summed E-state index contributed by atoms with van der Waals surface area (Å²) in [6.45, 7) is 9.69. The lowest BCUT2D eigenvalue weighted by Gasteiger charge is -2.32. The number of hydrogen-bond acceptors (Lipinski definition) is 9. The number of likely N-dealkylation sites (N-methyl/N-ethyl adjacent to an activating group) is 1. The molecule has 6 aromatic rings. The van der Waals surface area contributed by atoms with E-state index in [1.165, 1.54) is 12.3 Å². The van der Waals surface area contributed by atoms with Crippen LogP contribution >= 0.6 is 0 Å². The molecule has 4 heterocycles. The third kappa shape index (κ3) is 5.96. The molecule has 260 valence electrons. The van der Waals surface area contributed by atoms with E-state index in [1.807, 2.05) is 24.3 Å². The summed E-state index contributed by atoms with van der Waals surface area (Å²) in [6.07, 6.45) is 3.03. The van der Waals surface area contributed by atoms with E-state index in [4.69, 9.17) is 9.15 Å². The summed E-state index contributed by atoms with van der Waals surface area (Å²) in [6, 6.07) is 12.2. The zero-order valence-electron chi connectivity index (χ0n) is 28.2. The normalized spacial score (nSPS) is 16.8. The number of carbonyl (C=O) groups excluding carboxylic acids is 1. The molecule has 2 fully saturated rings. The molecule has 2 saturated heterocycles. The number of carbonyl (C=O) groups is 1. The molecule has 0 atom stereocenters. The quantitative estimate of drug-likeness (QED) is 0.126. The van der Waals surface area contributed by atoms with Gasteiger partial charge in [-0.05, 0) is 62.0 Å². The van der Waals surface area contributed by atoms with Crippen LogP contribution in [0.25, 0.3) is 49.1 Å². The minimum atomic E-state index is -0.652. The van der Waals surface area contributed by atoms with Crippen LogP contribution in [0.3, 0.4) is 0 Å². The fraction of sp³-hybridized carbons (Fsp3) is 0.395. The standard InChI is InChI=1S/C38H41FN6O5/c1-42-12-14-43(15-13-42)10-5-9-41-38(48)29-23-45-31-21-26-24-6-2-3-7-25(24)35(46)27(26)22-32(31)50-37-33(30(39)20-28(34(37)45)36(29)47)40-8-4-11-44-16-18-49-19-17-44/h2-3,6-7,20-23,40H,4-5,8-19H2,1H3,(H,41,48). The number of nitrogens with one attached hydrogen (secondary N) is 2. The number of anilines is 1. The summed E-state index contributed by atoms with van der Waals surface area (Å²) in [5.74, 6) is -1.17. The topological polar surface area (TPSA) is 112 Å². The van der Waals surface area contributed by atoms with Crippen LogP contribution in [-0.2, 0) is 4.74 Å². The van der Waals surface area contributed by atoms with Crippen molar-refractivity contribution in [3.63, 3.8) is 0 Å². The number of pyridine rings is 1. The van der Waals surface area contributed by atoms with Gasteiger partial charge >= 0.3 is 0 Å². The minimum absolute atomic E-state index is 0.0454. The number of halogens is 1. The highest BCUT2D eigenvalue weighted by Gasteiger charge is 2.24. The molecule has 4 aromatic carbocycles. The Hall–Kier alpha value is -4.62. The molecule has 11 nitrogen and oxygen atoms in total. The highest BCUT2D eigenvalue weighted by atomic mass is 19.1. The Morgan fingerprint density at radius 1 is 0.820 bits per heavy atom. The molecule has 50 heavy (non-hydrogen) atoms. The summed E-state index contributed by atoms with van der Waals surface area (Å²) in [7, 11) is 2.11. The van der Waals surface area contributed by atoms with Gasteiger partial charge in [-0.15, -0.1) is 0 Å². The molecule has 0 aliphatic carbocycles. The molecule has 0 unspecified atom stereocenters. The fourth-order valence-corrected chi connectivity index (χ4v) is 7.47. The molecular weight excluding hydrogens is 639 g/mol. The van der Waals surface area contributed by atoms with E-state index in [0.29, 0.717) is 53.7 Å². The van der Waals surface area contributed by atoms with Crippen LogP contribution in [0, 0.1) is 5.82 Å². The number of ether oxygens (including phenoxy) is 1. The number of hydrogen-bond donors (Lipinski definition) is 2. The summed E-state index contributed by atoms with van der Waals surface area (Å²) in [5, 5.41) is 8.82. The van der Waals surface area contributed by atoms with Gasteiger partial charge in [-0.25, -0.2) is 4.39 Å². The van der Waals surface area contributed by atoms with Crippen molar-refractivity contribution in [3.05, 3.63) is 80.5 Å². The number of rotatable bonds is 10. The molecule has 2 aromatic heterocycles. The van der Waals surface area contributed by atoms with Crippen LogP contribution < -0.4 is 21.5 Å². The lowest BCUT2D eigenvalue weighted by atomic mass is 10.1. The number of fused-ring (bicyclic) bond motifs is 5. The van der Waals surface area contributed by atoms with Gasteiger partial charge in [0.2, 0.25) is 5.43 Å². The molecule has 0 bridgehead atoms. The molecule has 2 aliphatic heterocycles. The Bertz CT molecular complexity index is 2340. The average molecular weight is 681 g/mol. The first-order chi connectivity index (χ1) is 24.4. The Kier molecular flexibility index (Phi) is 8.86. The first kappa shape index (κ1) is 32.6. The Balaban J connectivity index is 1.19. The van der Waals surface area contributed by atoms with E-state index in [-0.39, 0.29) is 27.6 Å². The van der Waals surface area contributed by atoms with Gasteiger partial charge in [-0.3, -0.25) is 19.3 Å². The predicted molar refractivity (Wildman–Crippen MR) is 195 cm³/mol. The lowest BCUT2D eigenvalue weighted by Crippen LogP contribution is -2.45. The highest BCUT2D eigenvalue weighted by molar-refractivity contribution is 6.15. The van der Waals surface area contributed by atoms with Crippen molar-refractivity contribution in [3.8, 4) is 0 Å². The van der Waals surface area contributed by atoms with Gasteiger partial charge in [0.1, 0.15) is 16.8 Å². The number of amides is 1. The van der Waals surface area contributed by atoms with Crippen molar-refractivity contribution in [2.75, 3.05) is 91.0 Å². The number of benzene rings is 3. The van der Waals surface area contributed by atoms with Crippen molar-refractivity contribution in [2.45, 2.75) is 12.8 Å². The van der Waals surface area contributed by atoms with E-state index in [0.717, 1.165) is 76.0 Å². The average Bonchev–Trinajstić information content (AvgIpc) is 3.41. The number of piperazine rings is 1. The smallest absolute Gasteiger partial charge is 0.256 e. The second-order valence-corrected chi connectivity index (χ2v) is 13.5. The van der Waals surface area contributed by atoms with Crippen LogP contribution in [0.5, 0.6) is 0 Å². The van der Waals surface area contributed by atoms with Gasteiger partial charge < -0.3 is 34.0 Å². The van der Waals surface area contributed by atoms with Gasteiger partial charge in [0.05, 0.1) is 24.1 Å². The maximum absolute atomic E-state index is 16.0. The van der Waals surface area contributed by atoms with Gasteiger partial charge in [-0.1, -0.05) is 24.3 Å². The summed E-state index contributed by atoms with van der Waals surface area (Å²) >= 11 is 0. The van der Waals surface area contributed by atoms with Crippen molar-refractivity contribution >= 4 is 60.7 Å². The maximum Gasteiger partial charge on any atom is 0.256 e. The molecule has 8 rings (SSSR count). The molecule has 0 spiro atoms. The zero-order valence-corrected chi connectivity index (χ0v) is 28.2. The van der Waals surface area contributed by atoms with Crippen LogP contribution in [0.2, 0.25) is 0 Å². The van der Waals surface area contributed by atoms with E-state index in [1.54, 1.807) is 16.5 Å². The monoisotopic (exact) mass is 680 g/mol. The molecule has 1 amide bonds. The summed E-state index contributed by atoms with van der Waals surface area (Å²) in [4.78, 5) is 47.9. The summed E-state index contributed by atoms with van der Waals surface area (Å²) < 4.78 is 29.6. The highest BCUT2D eigenvalue weighted by Crippen LogP contribution is 2.36. The van der Waals surface area contributed by atoms with Crippen molar-refractivity contribution < 1.29 is 18.3 Å². The minimum Gasteiger partial charge on any atom is -0.451 e. The van der Waals surface area contributed by atoms with Gasteiger partial charge in [0.15, 0.2) is 22.4 Å². The van der Waals surface area contributed by atoms with E-state index >= 15 is 4.39 Å². The molecular formula is C38H41FN6O5. The first-order valence-electron chi connectivity index (χ1n) is 17.5. The third-order valence-electron chi connectivity index (χ3n) is 10.3. The van der Waals surface area contributed by atoms with Crippen molar-refractivity contribution in [2.24, 2.45) is 0 Å². The van der Waals surface area contributed by atoms with Crippen LogP contribution in [-0.4, -0.2) is 111 Å². The lowest BCUT2D eigenvalue weighted by molar-refractivity contribution is 0.0378. The van der Waals surface area contributed by atoms with E-state index in [9.17, 15) is 14.4 Å². The summed E-state index contributed by atoms with van der Waals surface area (Å²) in [5.41, 5.74) is 0.771. The van der Waals surface area contributed by atoms with Crippen LogP contribution in [0.1, 0.15) is 23.2 Å². The maximum atomic E-state index is 16.0. The zero-order chi connectivity index (χ0) is 34.4. The Morgan fingerprint density at radius 3 is 2.32 bits per heavy atom. The largest absolute Gasteiger partial charge is 0.451 e. The fourth-order valence-electron chi connectivity index (χ4n) is 7.47. The van der Waals surface area contributed by atoms with E-state index in [2.05, 4.69) is 32.4 Å². The van der Waals surface area contributed by atoms with Crippen molar-refractivity contribution in [1.29, 1.82) is 0 Å². The Labute approximate surface area is 287 Å². The Morgan fingerprint density at radius 2 is 1.54 bits per heavy atom. The van der Waals surface area contributed by atoms with Crippen LogP contribution in [0.15, 0.2) is 62.7 Å². The molecule has 2 N–H and O–H groups in total. The number of nitrogens with zero attached hydrogens (tertiary/aromatic N) is 4. The molecule has 0 radical (unpaired) electrons. The molecule has 12 heteroatoms. The van der Waals surface area contributed by atoms with Crippen LogP contribution in [0.4, 0.5) is 10.1 Å². The molecule has 2 aliphatic rings. The first-order valence-corrected chi connectivity index (χ1v) is 17.5. The second-order valence-electron chi connectivity index (χ2n) is 13.5. The van der Waals surface area contributed by atoms with E-state index < -0.39 is 17.2 Å². The van der Waals surface area contributed by atoms with Gasteiger partial charge in [0.25, 0.3) is 5.91 Å². The molecule has 0 saturated carbocycles. The SMILES string of the molecule is CN1CCN(CCCNC(=O)c2cn3c4cc5c(cc4oc4c(NCCCN6CCOCC6)c(F)cc(c2=O)c43)c(=O)c2ccccc25)CC1. The van der Waals surface area contributed by atoms with Gasteiger partial charge in [0, 0.05) is 69.3 Å². The number of aromatic nitrogens is 1. The van der Waals surface area contributed by atoms with Crippen molar-refractivity contribution in [1.82, 2.24) is 24.4 Å². The van der Waals surface area contributed by atoms with Gasteiger partial charge in [-0.2, -0.15) is 0 Å². The second kappa shape index (κ2) is 13.6. The third-order valence-corrected chi connectivity index (χ3v) is 10.3. The predicted octanol–water partition coefficient (Wildman–Crippen LogP) is 3.94. The number of morpholine rings is 1.